The Morgan fingerprint density at radius 3 is 2.79 bits per heavy atom. The zero-order valence-electron chi connectivity index (χ0n) is 15.8. The first-order valence-electron chi connectivity index (χ1n) is 9.43. The molecule has 29 heavy (non-hydrogen) atoms. The van der Waals surface area contributed by atoms with E-state index in [1.54, 1.807) is 29.5 Å². The van der Waals surface area contributed by atoms with Crippen molar-refractivity contribution >= 4 is 33.2 Å². The Kier molecular flexibility index (Phi) is 4.66. The van der Waals surface area contributed by atoms with E-state index in [2.05, 4.69) is 51.2 Å². The maximum absolute atomic E-state index is 4.75. The van der Waals surface area contributed by atoms with Crippen molar-refractivity contribution in [1.82, 2.24) is 44.7 Å². The van der Waals surface area contributed by atoms with Crippen LogP contribution in [-0.2, 0) is 13.6 Å². The second-order valence-electron chi connectivity index (χ2n) is 7.23. The molecule has 1 atom stereocenters. The molecular weight excluding hydrogens is 436 g/mol. The van der Waals surface area contributed by atoms with E-state index in [9.17, 15) is 0 Å². The van der Waals surface area contributed by atoms with Crippen LogP contribution in [0.2, 0.25) is 0 Å². The molecule has 0 amide bonds. The van der Waals surface area contributed by atoms with Crippen molar-refractivity contribution in [1.29, 1.82) is 0 Å². The van der Waals surface area contributed by atoms with Crippen LogP contribution < -0.4 is 4.90 Å². The van der Waals surface area contributed by atoms with Crippen molar-refractivity contribution in [3.63, 3.8) is 0 Å². The Morgan fingerprint density at radius 1 is 1.14 bits per heavy atom. The first kappa shape index (κ1) is 18.1. The molecule has 0 N–H and O–H groups in total. The fraction of sp³-hybridized carbons (Fsp3) is 0.389. The normalized spacial score (nSPS) is 17.2. The number of hydrogen-bond acceptors (Lipinski definition) is 8. The highest BCUT2D eigenvalue weighted by atomic mass is 79.9. The van der Waals surface area contributed by atoms with Gasteiger partial charge in [-0.25, -0.2) is 24.6 Å². The van der Waals surface area contributed by atoms with E-state index in [1.165, 1.54) is 0 Å². The molecule has 5 heterocycles. The van der Waals surface area contributed by atoms with Gasteiger partial charge in [0, 0.05) is 50.8 Å². The Balaban J connectivity index is 1.37. The zero-order chi connectivity index (χ0) is 19.8. The predicted molar refractivity (Wildman–Crippen MR) is 110 cm³/mol. The molecule has 0 saturated carbocycles. The molecule has 1 aliphatic heterocycles. The van der Waals surface area contributed by atoms with Crippen LogP contribution in [0.4, 0.5) is 5.95 Å². The van der Waals surface area contributed by atoms with Crippen LogP contribution in [0.1, 0.15) is 12.8 Å². The Labute approximate surface area is 175 Å². The van der Waals surface area contributed by atoms with Crippen LogP contribution in [0, 0.1) is 5.92 Å². The van der Waals surface area contributed by atoms with Gasteiger partial charge in [-0.05, 0) is 34.7 Å². The third-order valence-corrected chi connectivity index (χ3v) is 5.48. The molecule has 0 aromatic carbocycles. The van der Waals surface area contributed by atoms with Gasteiger partial charge in [-0.1, -0.05) is 5.21 Å². The average molecular weight is 455 g/mol. The second kappa shape index (κ2) is 7.47. The van der Waals surface area contributed by atoms with Crippen molar-refractivity contribution in [3.05, 3.63) is 35.5 Å². The first-order chi connectivity index (χ1) is 14.2. The molecule has 0 bridgehead atoms. The lowest BCUT2D eigenvalue weighted by Gasteiger charge is -2.32. The predicted octanol–water partition coefficient (Wildman–Crippen LogP) is 2.09. The summed E-state index contributed by atoms with van der Waals surface area (Å²) in [5.41, 5.74) is 2.94. The van der Waals surface area contributed by atoms with E-state index < -0.39 is 0 Å². The molecule has 4 aromatic rings. The Morgan fingerprint density at radius 2 is 2.00 bits per heavy atom. The number of halogens is 1. The van der Waals surface area contributed by atoms with Crippen LogP contribution >= 0.6 is 15.9 Å². The molecule has 1 saturated heterocycles. The van der Waals surface area contributed by atoms with E-state index in [4.69, 9.17) is 4.98 Å². The summed E-state index contributed by atoms with van der Waals surface area (Å²) < 4.78 is 4.49. The minimum Gasteiger partial charge on any atom is -0.340 e. The number of nitrogens with zero attached hydrogens (tertiary/aromatic N) is 10. The summed E-state index contributed by atoms with van der Waals surface area (Å²) in [5.74, 6) is 1.17. The second-order valence-corrected chi connectivity index (χ2v) is 8.15. The molecule has 0 radical (unpaired) electrons. The lowest BCUT2D eigenvalue weighted by atomic mass is 9.98. The van der Waals surface area contributed by atoms with E-state index in [1.807, 2.05) is 17.9 Å². The van der Waals surface area contributed by atoms with Crippen molar-refractivity contribution in [2.45, 2.75) is 19.4 Å². The molecule has 4 aromatic heterocycles. The summed E-state index contributed by atoms with van der Waals surface area (Å²) in [6.45, 7) is 2.56. The summed E-state index contributed by atoms with van der Waals surface area (Å²) in [5, 5.41) is 12.7. The lowest BCUT2D eigenvalue weighted by molar-refractivity contribution is 0.350. The van der Waals surface area contributed by atoms with E-state index in [0.717, 1.165) is 54.2 Å². The fourth-order valence-electron chi connectivity index (χ4n) is 3.68. The molecular formula is C18H19BrN10. The van der Waals surface area contributed by atoms with E-state index in [-0.39, 0.29) is 0 Å². The number of fused-ring (bicyclic) bond motifs is 1. The number of anilines is 1. The van der Waals surface area contributed by atoms with Gasteiger partial charge < -0.3 is 4.90 Å². The number of rotatable bonds is 4. The van der Waals surface area contributed by atoms with Gasteiger partial charge in [0.15, 0.2) is 5.65 Å². The van der Waals surface area contributed by atoms with Crippen molar-refractivity contribution in [2.24, 2.45) is 13.0 Å². The highest BCUT2D eigenvalue weighted by molar-refractivity contribution is 9.10. The molecule has 1 unspecified atom stereocenters. The molecule has 1 fully saturated rings. The molecule has 148 valence electrons. The maximum atomic E-state index is 4.75. The van der Waals surface area contributed by atoms with Crippen LogP contribution in [0.3, 0.4) is 0 Å². The number of aromatic nitrogens is 9. The molecule has 1 aliphatic rings. The Hall–Kier alpha value is -2.95. The smallest absolute Gasteiger partial charge is 0.225 e. The van der Waals surface area contributed by atoms with Gasteiger partial charge in [0.1, 0.15) is 0 Å². The van der Waals surface area contributed by atoms with Gasteiger partial charge in [0.2, 0.25) is 11.6 Å². The largest absolute Gasteiger partial charge is 0.340 e. The summed E-state index contributed by atoms with van der Waals surface area (Å²) in [7, 11) is 1.88. The monoisotopic (exact) mass is 454 g/mol. The zero-order valence-corrected chi connectivity index (χ0v) is 17.4. The molecule has 10 nitrogen and oxygen atoms in total. The average Bonchev–Trinajstić information content (AvgIpc) is 3.35. The number of aryl methyl sites for hydroxylation is 1. The van der Waals surface area contributed by atoms with Crippen LogP contribution in [0.5, 0.6) is 0 Å². The van der Waals surface area contributed by atoms with Crippen molar-refractivity contribution in [2.75, 3.05) is 18.0 Å². The van der Waals surface area contributed by atoms with E-state index in [0.29, 0.717) is 17.2 Å². The third-order valence-electron chi connectivity index (χ3n) is 5.07. The SMILES string of the molecule is Cn1cc(-c2cnc3nnn(CC4CCCN(c5ncc(Br)cn5)C4)c3n2)cn1. The van der Waals surface area contributed by atoms with Crippen molar-refractivity contribution < 1.29 is 0 Å². The lowest BCUT2D eigenvalue weighted by Crippen LogP contribution is -2.38. The van der Waals surface area contributed by atoms with Crippen LogP contribution in [-0.4, -0.2) is 57.8 Å². The van der Waals surface area contributed by atoms with Gasteiger partial charge >= 0.3 is 0 Å². The summed E-state index contributed by atoms with van der Waals surface area (Å²) in [6, 6.07) is 0. The minimum atomic E-state index is 0.407. The van der Waals surface area contributed by atoms with Crippen LogP contribution in [0.25, 0.3) is 22.6 Å². The third kappa shape index (κ3) is 3.69. The van der Waals surface area contributed by atoms with Crippen molar-refractivity contribution in [3.8, 4) is 11.3 Å². The summed E-state index contributed by atoms with van der Waals surface area (Å²) >= 11 is 3.39. The maximum Gasteiger partial charge on any atom is 0.225 e. The number of piperidine rings is 1. The van der Waals surface area contributed by atoms with Gasteiger partial charge in [-0.3, -0.25) is 4.68 Å². The minimum absolute atomic E-state index is 0.407. The number of hydrogen-bond donors (Lipinski definition) is 0. The quantitative estimate of drug-likeness (QED) is 0.461. The topological polar surface area (TPSA) is 103 Å². The van der Waals surface area contributed by atoms with E-state index >= 15 is 0 Å². The molecule has 5 rings (SSSR count). The highest BCUT2D eigenvalue weighted by Gasteiger charge is 2.23. The van der Waals surface area contributed by atoms with Gasteiger partial charge in [0.05, 0.1) is 22.6 Å². The fourth-order valence-corrected chi connectivity index (χ4v) is 3.88. The highest BCUT2D eigenvalue weighted by Crippen LogP contribution is 2.23. The first-order valence-corrected chi connectivity index (χ1v) is 10.2. The molecule has 0 spiro atoms. The molecule has 0 aliphatic carbocycles. The standard InChI is InChI=1S/C18H19BrN10/c1-27-11-13(5-23-27)15-8-20-16-17(24-15)29(26-25-16)10-12-3-2-4-28(9-12)18-21-6-14(19)7-22-18/h5-8,11-12H,2-4,9-10H2,1H3. The van der Waals surface area contributed by atoms with Crippen LogP contribution in [0.15, 0.2) is 35.5 Å². The summed E-state index contributed by atoms with van der Waals surface area (Å²) in [6.07, 6.45) is 11.2. The van der Waals surface area contributed by atoms with Gasteiger partial charge in [-0.2, -0.15) is 5.10 Å². The Bertz CT molecular complexity index is 1140. The van der Waals surface area contributed by atoms with Gasteiger partial charge in [-0.15, -0.1) is 5.10 Å². The molecule has 11 heteroatoms. The van der Waals surface area contributed by atoms with Gasteiger partial charge in [0.25, 0.3) is 0 Å². The summed E-state index contributed by atoms with van der Waals surface area (Å²) in [4.78, 5) is 20.3.